The maximum atomic E-state index is 12.8. The molecule has 4 aromatic carbocycles. The Morgan fingerprint density at radius 1 is 0.542 bits per heavy atom. The van der Waals surface area contributed by atoms with Gasteiger partial charge < -0.3 is 29.2 Å². The minimum Gasteiger partial charge on any atom is -0.505 e. The maximum absolute atomic E-state index is 12.8. The highest BCUT2D eigenvalue weighted by Crippen LogP contribution is 2.35. The number of phenolic OH excluding ortho intramolecular Hbond substituents is 2. The van der Waals surface area contributed by atoms with E-state index in [1.165, 1.54) is 0 Å². The van der Waals surface area contributed by atoms with E-state index >= 15 is 0 Å². The van der Waals surface area contributed by atoms with Crippen LogP contribution < -0.4 is 0 Å². The molecule has 0 aliphatic rings. The predicted molar refractivity (Wildman–Crippen MR) is 173 cm³/mol. The second-order valence-electron chi connectivity index (χ2n) is 11.5. The molecule has 0 saturated heterocycles. The summed E-state index contributed by atoms with van der Waals surface area (Å²) in [6.07, 6.45) is 0. The van der Waals surface area contributed by atoms with Crippen LogP contribution in [0.3, 0.4) is 0 Å². The van der Waals surface area contributed by atoms with Gasteiger partial charge in [-0.1, -0.05) is 36.4 Å². The molecule has 0 radical (unpaired) electrons. The van der Waals surface area contributed by atoms with Crippen molar-refractivity contribution < 1.29 is 38.7 Å². The van der Waals surface area contributed by atoms with Gasteiger partial charge in [0.2, 0.25) is 0 Å². The lowest BCUT2D eigenvalue weighted by Crippen LogP contribution is -2.16. The van der Waals surface area contributed by atoms with Crippen LogP contribution in [0, 0.1) is 13.8 Å². The van der Waals surface area contributed by atoms with Crippen LogP contribution in [0.2, 0.25) is 0 Å². The van der Waals surface area contributed by atoms with E-state index in [-0.39, 0.29) is 51.1 Å². The SMILES string of the molecule is Cc1cccc(-n2n3c4cccc(C(=O)OCCOCCOCCOC(=O)c5cccc6c5n5n(-c7cccc(C)c7O)n65)c4n23)c1O. The molecular formula is C34H32N6O8. The van der Waals surface area contributed by atoms with Crippen molar-refractivity contribution in [1.29, 1.82) is 0 Å². The molecule has 8 aromatic rings. The number of nitrogens with zero attached hydrogens (tertiary/aromatic N) is 6. The van der Waals surface area contributed by atoms with E-state index in [1.807, 2.05) is 80.9 Å². The van der Waals surface area contributed by atoms with Gasteiger partial charge in [-0.05, 0) is 61.4 Å². The van der Waals surface area contributed by atoms with Gasteiger partial charge in [0.1, 0.15) is 58.2 Å². The lowest BCUT2D eigenvalue weighted by atomic mass is 10.2. The number of aromatic hydroxyl groups is 2. The van der Waals surface area contributed by atoms with E-state index in [2.05, 4.69) is 0 Å². The Morgan fingerprint density at radius 2 is 0.938 bits per heavy atom. The number of carbonyl (C=O) groups excluding carboxylic acids is 2. The molecule has 0 spiro atoms. The van der Waals surface area contributed by atoms with Crippen molar-refractivity contribution >= 4 is 34.0 Å². The van der Waals surface area contributed by atoms with Gasteiger partial charge in [0.05, 0.1) is 37.6 Å². The smallest absolute Gasteiger partial charge is 0.340 e. The van der Waals surface area contributed by atoms with Crippen LogP contribution in [-0.2, 0) is 18.9 Å². The summed E-state index contributed by atoms with van der Waals surface area (Å²) in [4.78, 5) is 29.3. The van der Waals surface area contributed by atoms with E-state index in [0.29, 0.717) is 22.5 Å². The third kappa shape index (κ3) is 4.64. The summed E-state index contributed by atoms with van der Waals surface area (Å²) in [6.45, 7) is 4.77. The molecule has 0 atom stereocenters. The fraction of sp³-hybridized carbons (Fsp3) is 0.235. The van der Waals surface area contributed by atoms with Crippen molar-refractivity contribution in [1.82, 2.24) is 28.1 Å². The Morgan fingerprint density at radius 3 is 1.38 bits per heavy atom. The van der Waals surface area contributed by atoms with Crippen LogP contribution >= 0.6 is 0 Å². The van der Waals surface area contributed by atoms with Gasteiger partial charge in [0.25, 0.3) is 0 Å². The first-order valence-corrected chi connectivity index (χ1v) is 15.5. The molecular weight excluding hydrogens is 620 g/mol. The summed E-state index contributed by atoms with van der Waals surface area (Å²) >= 11 is 0. The second kappa shape index (κ2) is 11.4. The Bertz CT molecular complexity index is 2250. The van der Waals surface area contributed by atoms with Gasteiger partial charge in [-0.25, -0.2) is 9.59 Å². The number of phenols is 2. The largest absolute Gasteiger partial charge is 0.505 e. The van der Waals surface area contributed by atoms with Crippen LogP contribution in [0.5, 0.6) is 11.5 Å². The number of aromatic nitrogens is 6. The summed E-state index contributed by atoms with van der Waals surface area (Å²) < 4.78 is 29.3. The van der Waals surface area contributed by atoms with Gasteiger partial charge >= 0.3 is 11.9 Å². The van der Waals surface area contributed by atoms with Crippen LogP contribution in [0.25, 0.3) is 33.4 Å². The minimum absolute atomic E-state index is 0.0724. The molecule has 4 aromatic heterocycles. The Labute approximate surface area is 272 Å². The first-order chi connectivity index (χ1) is 23.4. The summed E-state index contributed by atoms with van der Waals surface area (Å²) in [5.41, 5.74) is 6.76. The third-order valence-corrected chi connectivity index (χ3v) is 8.47. The molecule has 0 aliphatic heterocycles. The number of aryl methyl sites for hydroxylation is 2. The molecule has 0 fully saturated rings. The quantitative estimate of drug-likeness (QED) is 0.139. The third-order valence-electron chi connectivity index (χ3n) is 8.47. The standard InChI is InChI=1S/C34H32N6O8/c1-21-7-3-13-27(31(21)41)37-35-25-11-5-9-23(29(25)39(35)37)33(43)47-19-17-45-15-16-46-18-20-48-34(44)24-10-6-12-26-30(24)40-36(26)38(40)28-14-4-8-22(2)32(28)42/h3-14,41-42H,15-20H2,1-2H3. The number of fused-ring (bicyclic) bond motifs is 8. The molecule has 0 amide bonds. The molecule has 4 heterocycles. The van der Waals surface area contributed by atoms with Gasteiger partial charge in [-0.2, -0.15) is 0 Å². The van der Waals surface area contributed by atoms with E-state index in [4.69, 9.17) is 18.9 Å². The molecule has 0 unspecified atom stereocenters. The highest BCUT2D eigenvalue weighted by molar-refractivity contribution is 6.04. The van der Waals surface area contributed by atoms with Gasteiger partial charge in [-0.3, -0.25) is 0 Å². The average Bonchev–Trinajstić information content (AvgIpc) is 3.94. The van der Waals surface area contributed by atoms with Crippen LogP contribution in [0.4, 0.5) is 0 Å². The predicted octanol–water partition coefficient (Wildman–Crippen LogP) is 4.23. The first-order valence-electron chi connectivity index (χ1n) is 15.5. The van der Waals surface area contributed by atoms with E-state index < -0.39 is 11.9 Å². The van der Waals surface area contributed by atoms with Crippen molar-refractivity contribution in [3.8, 4) is 22.9 Å². The van der Waals surface area contributed by atoms with Gasteiger partial charge in [0.15, 0.2) is 0 Å². The molecule has 48 heavy (non-hydrogen) atoms. The summed E-state index contributed by atoms with van der Waals surface area (Å²) in [5, 5.41) is 21.0. The van der Waals surface area contributed by atoms with Crippen molar-refractivity contribution in [3.63, 3.8) is 0 Å². The topological polar surface area (TPSA) is 139 Å². The van der Waals surface area contributed by atoms with E-state index in [0.717, 1.165) is 33.2 Å². The zero-order valence-electron chi connectivity index (χ0n) is 26.2. The Hall–Kier alpha value is -5.86. The number of hydrogen-bond donors (Lipinski definition) is 2. The monoisotopic (exact) mass is 652 g/mol. The lowest BCUT2D eigenvalue weighted by Gasteiger charge is -2.09. The zero-order valence-corrected chi connectivity index (χ0v) is 26.2. The van der Waals surface area contributed by atoms with E-state index in [1.54, 1.807) is 33.9 Å². The molecule has 14 nitrogen and oxygen atoms in total. The number of ether oxygens (including phenoxy) is 4. The second-order valence-corrected chi connectivity index (χ2v) is 11.5. The molecule has 0 saturated carbocycles. The fourth-order valence-electron chi connectivity index (χ4n) is 5.97. The lowest BCUT2D eigenvalue weighted by molar-refractivity contribution is 0.00238. The summed E-state index contributed by atoms with van der Waals surface area (Å²) in [6, 6.07) is 21.8. The molecule has 14 heteroatoms. The molecule has 246 valence electrons. The Balaban J connectivity index is 0.762. The van der Waals surface area contributed by atoms with Crippen LogP contribution in [0.15, 0.2) is 72.8 Å². The normalized spacial score (nSPS) is 12.1. The summed E-state index contributed by atoms with van der Waals surface area (Å²) in [5.74, 6) is -0.556. The molecule has 8 rings (SSSR count). The average molecular weight is 653 g/mol. The number of para-hydroxylation sites is 4. The molecule has 0 aliphatic carbocycles. The van der Waals surface area contributed by atoms with Gasteiger partial charge in [-0.15, -0.1) is 28.1 Å². The van der Waals surface area contributed by atoms with E-state index in [9.17, 15) is 19.8 Å². The molecule has 2 N–H and O–H groups in total. The minimum atomic E-state index is -0.464. The number of carbonyl (C=O) groups is 2. The zero-order chi connectivity index (χ0) is 33.1. The maximum Gasteiger partial charge on any atom is 0.340 e. The number of hydrogen-bond acceptors (Lipinski definition) is 8. The number of esters is 2. The Kier molecular flexibility index (Phi) is 7.04. The van der Waals surface area contributed by atoms with Crippen molar-refractivity contribution in [2.45, 2.75) is 13.8 Å². The van der Waals surface area contributed by atoms with Crippen LogP contribution in [-0.4, -0.2) is 89.9 Å². The van der Waals surface area contributed by atoms with Crippen molar-refractivity contribution in [2.24, 2.45) is 0 Å². The first kappa shape index (κ1) is 29.5. The molecule has 0 bridgehead atoms. The number of benzene rings is 4. The summed E-state index contributed by atoms with van der Waals surface area (Å²) in [7, 11) is 0. The van der Waals surface area contributed by atoms with Crippen molar-refractivity contribution in [2.75, 3.05) is 39.6 Å². The number of rotatable bonds is 13. The fourth-order valence-corrected chi connectivity index (χ4v) is 5.97. The van der Waals surface area contributed by atoms with Gasteiger partial charge in [0, 0.05) is 0 Å². The van der Waals surface area contributed by atoms with Crippen LogP contribution in [0.1, 0.15) is 31.8 Å². The highest BCUT2D eigenvalue weighted by atomic mass is 16.6. The highest BCUT2D eigenvalue weighted by Gasteiger charge is 2.31. The van der Waals surface area contributed by atoms with Crippen molar-refractivity contribution in [3.05, 3.63) is 95.1 Å².